The predicted molar refractivity (Wildman–Crippen MR) is 110 cm³/mol. The Labute approximate surface area is 185 Å². The summed E-state index contributed by atoms with van der Waals surface area (Å²) in [7, 11) is 0. The van der Waals surface area contributed by atoms with Crippen molar-refractivity contribution in [3.8, 4) is 0 Å². The largest absolute Gasteiger partial charge is 0.456 e. The number of rotatable bonds is 8. The van der Waals surface area contributed by atoms with E-state index in [0.717, 1.165) is 12.1 Å². The van der Waals surface area contributed by atoms with Crippen LogP contribution in [0.15, 0.2) is 42.5 Å². The molecule has 32 heavy (non-hydrogen) atoms. The molecule has 0 aliphatic carbocycles. The number of amides is 2. The number of carbonyl (C=O) groups excluding carboxylic acids is 4. The minimum absolute atomic E-state index is 0.0954. The molecule has 2 rings (SSSR count). The first-order chi connectivity index (χ1) is 15.0. The maximum absolute atomic E-state index is 12.8. The molecular formula is C21H18ClF3N2O5. The number of nitrogens with one attached hydrogen (secondary N) is 2. The van der Waals surface area contributed by atoms with Gasteiger partial charge in [0.25, 0.3) is 5.91 Å². The van der Waals surface area contributed by atoms with Crippen molar-refractivity contribution in [1.29, 1.82) is 0 Å². The summed E-state index contributed by atoms with van der Waals surface area (Å²) in [4.78, 5) is 46.7. The number of hydrogen-bond acceptors (Lipinski definition) is 5. The standard InChI is InChI=1S/C21H18ClF3N2O5/c1-12(28)13-2-5-15(6-3-13)26-19(30)11-32-20(31)9-8-18(29)27-17-10-14(21(23,24)25)4-7-16(17)22/h2-7,10H,8-9,11H2,1H3,(H,26,30)(H,27,29). The van der Waals surface area contributed by atoms with E-state index in [1.54, 1.807) is 0 Å². The molecule has 170 valence electrons. The van der Waals surface area contributed by atoms with Gasteiger partial charge in [0.1, 0.15) is 0 Å². The van der Waals surface area contributed by atoms with E-state index in [2.05, 4.69) is 10.6 Å². The Bertz CT molecular complexity index is 1020. The van der Waals surface area contributed by atoms with Crippen LogP contribution in [0.2, 0.25) is 5.02 Å². The highest BCUT2D eigenvalue weighted by Gasteiger charge is 2.31. The van der Waals surface area contributed by atoms with Crippen LogP contribution < -0.4 is 10.6 Å². The van der Waals surface area contributed by atoms with E-state index in [4.69, 9.17) is 16.3 Å². The quantitative estimate of drug-likeness (QED) is 0.438. The second kappa shape index (κ2) is 10.8. The fourth-order valence-electron chi connectivity index (χ4n) is 2.43. The zero-order chi connectivity index (χ0) is 23.9. The SMILES string of the molecule is CC(=O)c1ccc(NC(=O)COC(=O)CCC(=O)Nc2cc(C(F)(F)F)ccc2Cl)cc1. The monoisotopic (exact) mass is 470 g/mol. The molecule has 11 heteroatoms. The first-order valence-corrected chi connectivity index (χ1v) is 9.56. The lowest BCUT2D eigenvalue weighted by Crippen LogP contribution is -2.22. The molecule has 0 aliphatic heterocycles. The van der Waals surface area contributed by atoms with Crippen LogP contribution in [-0.2, 0) is 25.3 Å². The predicted octanol–water partition coefficient (Wildman–Crippen LogP) is 4.46. The minimum Gasteiger partial charge on any atom is -0.456 e. The van der Waals surface area contributed by atoms with Crippen molar-refractivity contribution in [1.82, 2.24) is 0 Å². The normalized spacial score (nSPS) is 10.9. The van der Waals surface area contributed by atoms with Crippen molar-refractivity contribution in [3.05, 3.63) is 58.6 Å². The van der Waals surface area contributed by atoms with Crippen LogP contribution in [0.1, 0.15) is 35.7 Å². The first kappa shape index (κ1) is 24.9. The summed E-state index contributed by atoms with van der Waals surface area (Å²) < 4.78 is 43.1. The number of hydrogen-bond donors (Lipinski definition) is 2. The van der Waals surface area contributed by atoms with E-state index in [1.807, 2.05) is 0 Å². The topological polar surface area (TPSA) is 102 Å². The van der Waals surface area contributed by atoms with Gasteiger partial charge in [-0.2, -0.15) is 13.2 Å². The molecule has 0 saturated heterocycles. The Hall–Kier alpha value is -3.40. The Balaban J connectivity index is 1.77. The molecule has 0 aliphatic rings. The number of esters is 1. The Morgan fingerprint density at radius 3 is 2.19 bits per heavy atom. The maximum Gasteiger partial charge on any atom is 0.416 e. The zero-order valence-electron chi connectivity index (χ0n) is 16.7. The van der Waals surface area contributed by atoms with Gasteiger partial charge >= 0.3 is 12.1 Å². The summed E-state index contributed by atoms with van der Waals surface area (Å²) in [6, 6.07) is 8.54. The number of anilines is 2. The van der Waals surface area contributed by atoms with Gasteiger partial charge in [-0.25, -0.2) is 0 Å². The Morgan fingerprint density at radius 1 is 0.938 bits per heavy atom. The van der Waals surface area contributed by atoms with Gasteiger partial charge in [-0.1, -0.05) is 11.6 Å². The van der Waals surface area contributed by atoms with Crippen LogP contribution in [0.25, 0.3) is 0 Å². The van der Waals surface area contributed by atoms with Crippen LogP contribution in [0, 0.1) is 0 Å². The number of carbonyl (C=O) groups is 4. The van der Waals surface area contributed by atoms with E-state index in [1.165, 1.54) is 31.2 Å². The van der Waals surface area contributed by atoms with Crippen molar-refractivity contribution < 1.29 is 37.1 Å². The van der Waals surface area contributed by atoms with Crippen LogP contribution in [0.5, 0.6) is 0 Å². The fraction of sp³-hybridized carbons (Fsp3) is 0.238. The van der Waals surface area contributed by atoms with Crippen molar-refractivity contribution in [2.75, 3.05) is 17.2 Å². The molecular weight excluding hydrogens is 453 g/mol. The summed E-state index contributed by atoms with van der Waals surface area (Å²) in [6.45, 7) is 0.801. The molecule has 2 amide bonds. The third-order valence-corrected chi connectivity index (χ3v) is 4.39. The molecule has 0 heterocycles. The van der Waals surface area contributed by atoms with Crippen molar-refractivity contribution in [3.63, 3.8) is 0 Å². The number of ketones is 1. The second-order valence-electron chi connectivity index (χ2n) is 6.58. The number of Topliss-reactive ketones (excluding diaryl/α,β-unsaturated/α-hetero) is 1. The first-order valence-electron chi connectivity index (χ1n) is 9.19. The van der Waals surface area contributed by atoms with E-state index in [-0.39, 0.29) is 22.9 Å². The third-order valence-electron chi connectivity index (χ3n) is 4.06. The Kier molecular flexibility index (Phi) is 8.36. The number of halogens is 4. The average molecular weight is 471 g/mol. The highest BCUT2D eigenvalue weighted by Crippen LogP contribution is 2.33. The van der Waals surface area contributed by atoms with Crippen molar-refractivity contribution >= 4 is 46.5 Å². The lowest BCUT2D eigenvalue weighted by atomic mass is 10.1. The number of ether oxygens (including phenoxy) is 1. The number of alkyl halides is 3. The van der Waals surface area contributed by atoms with Gasteiger partial charge in [0.15, 0.2) is 12.4 Å². The molecule has 0 saturated carbocycles. The lowest BCUT2D eigenvalue weighted by Gasteiger charge is -2.11. The lowest BCUT2D eigenvalue weighted by molar-refractivity contribution is -0.147. The molecule has 2 N–H and O–H groups in total. The summed E-state index contributed by atoms with van der Waals surface area (Å²) in [5, 5.41) is 4.58. The van der Waals surface area contributed by atoms with Crippen LogP contribution in [0.3, 0.4) is 0 Å². The van der Waals surface area contributed by atoms with Crippen LogP contribution in [-0.4, -0.2) is 30.2 Å². The third kappa shape index (κ3) is 7.69. The van der Waals surface area contributed by atoms with E-state index in [0.29, 0.717) is 17.3 Å². The molecule has 7 nitrogen and oxygen atoms in total. The molecule has 2 aromatic rings. The Morgan fingerprint density at radius 2 is 1.59 bits per heavy atom. The molecule has 0 fully saturated rings. The van der Waals surface area contributed by atoms with Crippen molar-refractivity contribution in [2.24, 2.45) is 0 Å². The smallest absolute Gasteiger partial charge is 0.416 e. The van der Waals surface area contributed by atoms with Gasteiger partial charge in [-0.05, 0) is 49.4 Å². The summed E-state index contributed by atoms with van der Waals surface area (Å²) in [6.07, 6.45) is -5.40. The second-order valence-corrected chi connectivity index (χ2v) is 6.99. The van der Waals surface area contributed by atoms with E-state index in [9.17, 15) is 32.3 Å². The van der Waals surface area contributed by atoms with Crippen LogP contribution >= 0.6 is 11.6 Å². The summed E-state index contributed by atoms with van der Waals surface area (Å²) in [5.74, 6) is -2.36. The van der Waals surface area contributed by atoms with E-state index < -0.39 is 42.6 Å². The highest BCUT2D eigenvalue weighted by molar-refractivity contribution is 6.33. The van der Waals surface area contributed by atoms with Gasteiger partial charge < -0.3 is 15.4 Å². The fourth-order valence-corrected chi connectivity index (χ4v) is 2.59. The highest BCUT2D eigenvalue weighted by atomic mass is 35.5. The summed E-state index contributed by atoms with van der Waals surface area (Å²) in [5.41, 5.74) is -0.360. The molecule has 0 bridgehead atoms. The number of benzene rings is 2. The average Bonchev–Trinajstić information content (AvgIpc) is 2.72. The van der Waals surface area contributed by atoms with Gasteiger partial charge in [0, 0.05) is 17.7 Å². The summed E-state index contributed by atoms with van der Waals surface area (Å²) >= 11 is 5.79. The molecule has 0 spiro atoms. The zero-order valence-corrected chi connectivity index (χ0v) is 17.5. The molecule has 0 unspecified atom stereocenters. The molecule has 2 aromatic carbocycles. The minimum atomic E-state index is -4.61. The van der Waals surface area contributed by atoms with Crippen molar-refractivity contribution in [2.45, 2.75) is 25.9 Å². The van der Waals surface area contributed by atoms with E-state index >= 15 is 0 Å². The van der Waals surface area contributed by atoms with Gasteiger partial charge in [0.05, 0.1) is 22.7 Å². The van der Waals surface area contributed by atoms with Gasteiger partial charge in [0.2, 0.25) is 5.91 Å². The van der Waals surface area contributed by atoms with Gasteiger partial charge in [-0.3, -0.25) is 19.2 Å². The van der Waals surface area contributed by atoms with Crippen LogP contribution in [0.4, 0.5) is 24.5 Å². The van der Waals surface area contributed by atoms with Gasteiger partial charge in [-0.15, -0.1) is 0 Å². The molecule has 0 radical (unpaired) electrons. The molecule has 0 atom stereocenters. The molecule has 0 aromatic heterocycles. The maximum atomic E-state index is 12.8.